The van der Waals surface area contributed by atoms with Crippen molar-refractivity contribution in [1.29, 1.82) is 0 Å². The van der Waals surface area contributed by atoms with Crippen LogP contribution >= 0.6 is 0 Å². The molecule has 6 heteroatoms. The van der Waals surface area contributed by atoms with Crippen LogP contribution in [0.3, 0.4) is 0 Å². The van der Waals surface area contributed by atoms with Crippen molar-refractivity contribution in [2.75, 3.05) is 0 Å². The summed E-state index contributed by atoms with van der Waals surface area (Å²) in [5.74, 6) is 0. The second kappa shape index (κ2) is 9.09. The van der Waals surface area contributed by atoms with Crippen LogP contribution in [0.5, 0.6) is 0 Å². The molecule has 1 aliphatic carbocycles. The van der Waals surface area contributed by atoms with Crippen LogP contribution in [0.1, 0.15) is 11.1 Å². The van der Waals surface area contributed by atoms with Gasteiger partial charge >= 0.3 is 10.1 Å². The zero-order chi connectivity index (χ0) is 23.5. The van der Waals surface area contributed by atoms with Gasteiger partial charge in [-0.15, -0.1) is 0 Å². The number of H-pyrrole nitrogens is 1. The molecule has 0 saturated heterocycles. The number of benzene rings is 4. The standard InChI is InChI=1S/C15H12N2O3S.C13H10/c18-21(19,20)15-16-13(11-7-3-1-4-8-11)14(17-15)12-9-5-2-6-10-12;1-4-10-6-2-8-12-9-3-7-11(5-1)13(10)12/h1-10H,(H,16,17)(H,18,19,20);1-8H,9H2. The van der Waals surface area contributed by atoms with E-state index >= 15 is 0 Å². The molecule has 0 fully saturated rings. The zero-order valence-corrected chi connectivity index (χ0v) is 19.0. The number of allylic oxidation sites excluding steroid dienone is 1. The van der Waals surface area contributed by atoms with Crippen molar-refractivity contribution in [3.8, 4) is 22.5 Å². The molecule has 34 heavy (non-hydrogen) atoms. The summed E-state index contributed by atoms with van der Waals surface area (Å²) in [5, 5.41) is 2.34. The van der Waals surface area contributed by atoms with Gasteiger partial charge in [-0.05, 0) is 28.3 Å². The SMILES string of the molecule is C1=Cc2cccc3cccc(c23)C1.O=S(=O)(O)c1nc(-c2ccccc2)c(-c2ccccc2)[nH]1. The van der Waals surface area contributed by atoms with Gasteiger partial charge in [0.05, 0.1) is 11.4 Å². The van der Waals surface area contributed by atoms with E-state index in [4.69, 9.17) is 0 Å². The van der Waals surface area contributed by atoms with Crippen LogP contribution < -0.4 is 0 Å². The Hall–Kier alpha value is -4.00. The van der Waals surface area contributed by atoms with Crippen molar-refractivity contribution in [2.45, 2.75) is 11.6 Å². The molecule has 5 aromatic rings. The van der Waals surface area contributed by atoms with E-state index in [-0.39, 0.29) is 0 Å². The Balaban J connectivity index is 0.000000157. The highest BCUT2D eigenvalue weighted by Gasteiger charge is 2.20. The number of nitrogens with one attached hydrogen (secondary N) is 1. The van der Waals surface area contributed by atoms with Gasteiger partial charge in [0.25, 0.3) is 5.16 Å². The van der Waals surface area contributed by atoms with E-state index in [0.717, 1.165) is 17.5 Å². The first-order valence-electron chi connectivity index (χ1n) is 10.9. The lowest BCUT2D eigenvalue weighted by molar-refractivity contribution is 0.476. The molecule has 0 atom stereocenters. The maximum atomic E-state index is 11.3. The summed E-state index contributed by atoms with van der Waals surface area (Å²) in [7, 11) is -4.39. The van der Waals surface area contributed by atoms with Crippen molar-refractivity contribution in [3.05, 3.63) is 114 Å². The number of imidazole rings is 1. The number of rotatable bonds is 3. The number of nitrogens with zero attached hydrogens (tertiary/aromatic N) is 1. The molecule has 0 saturated carbocycles. The van der Waals surface area contributed by atoms with Gasteiger partial charge in [-0.1, -0.05) is 109 Å². The molecule has 0 bridgehead atoms. The maximum Gasteiger partial charge on any atom is 0.328 e. The summed E-state index contributed by atoms with van der Waals surface area (Å²) in [4.78, 5) is 6.72. The fourth-order valence-electron chi connectivity index (χ4n) is 4.16. The van der Waals surface area contributed by atoms with Crippen LogP contribution in [0.4, 0.5) is 0 Å². The van der Waals surface area contributed by atoms with Gasteiger partial charge in [-0.3, -0.25) is 4.55 Å². The van der Waals surface area contributed by atoms with Crippen molar-refractivity contribution >= 4 is 27.0 Å². The molecule has 5 nitrogen and oxygen atoms in total. The molecule has 0 amide bonds. The molecular weight excluding hydrogens is 444 g/mol. The zero-order valence-electron chi connectivity index (χ0n) is 18.2. The summed E-state index contributed by atoms with van der Waals surface area (Å²) < 4.78 is 31.8. The second-order valence-electron chi connectivity index (χ2n) is 7.94. The van der Waals surface area contributed by atoms with E-state index in [1.807, 2.05) is 60.7 Å². The first kappa shape index (κ1) is 21.8. The van der Waals surface area contributed by atoms with Crippen LogP contribution in [0.15, 0.2) is 108 Å². The molecule has 0 unspecified atom stereocenters. The maximum absolute atomic E-state index is 11.3. The van der Waals surface area contributed by atoms with Crippen LogP contribution in [-0.4, -0.2) is 22.9 Å². The minimum absolute atomic E-state index is 0.458. The van der Waals surface area contributed by atoms with Crippen molar-refractivity contribution in [3.63, 3.8) is 0 Å². The topological polar surface area (TPSA) is 83.1 Å². The monoisotopic (exact) mass is 466 g/mol. The Morgan fingerprint density at radius 3 is 2.09 bits per heavy atom. The summed E-state index contributed by atoms with van der Waals surface area (Å²) in [6.45, 7) is 0. The minimum atomic E-state index is -4.39. The van der Waals surface area contributed by atoms with Gasteiger partial charge in [0, 0.05) is 11.1 Å². The molecule has 1 aromatic heterocycles. The molecule has 168 valence electrons. The predicted molar refractivity (Wildman–Crippen MR) is 136 cm³/mol. The van der Waals surface area contributed by atoms with Crippen LogP contribution in [0.25, 0.3) is 39.4 Å². The van der Waals surface area contributed by atoms with Gasteiger partial charge < -0.3 is 4.98 Å². The Kier molecular flexibility index (Phi) is 5.84. The third-order valence-corrected chi connectivity index (χ3v) is 6.38. The van der Waals surface area contributed by atoms with Crippen molar-refractivity contribution in [1.82, 2.24) is 9.97 Å². The molecule has 2 N–H and O–H groups in total. The highest BCUT2D eigenvalue weighted by molar-refractivity contribution is 7.85. The average molecular weight is 467 g/mol. The van der Waals surface area contributed by atoms with E-state index < -0.39 is 15.3 Å². The fourth-order valence-corrected chi connectivity index (χ4v) is 4.60. The highest BCUT2D eigenvalue weighted by atomic mass is 32.2. The second-order valence-corrected chi connectivity index (χ2v) is 9.28. The Bertz CT molecular complexity index is 1530. The molecular formula is C28H22N2O3S. The molecule has 1 aliphatic rings. The van der Waals surface area contributed by atoms with Crippen LogP contribution in [0, 0.1) is 0 Å². The van der Waals surface area contributed by atoms with Gasteiger partial charge in [-0.25, -0.2) is 4.98 Å². The van der Waals surface area contributed by atoms with E-state index in [9.17, 15) is 13.0 Å². The minimum Gasteiger partial charge on any atom is -0.326 e. The largest absolute Gasteiger partial charge is 0.328 e. The average Bonchev–Trinajstić information content (AvgIpc) is 3.33. The third-order valence-electron chi connectivity index (χ3n) is 5.69. The van der Waals surface area contributed by atoms with Crippen LogP contribution in [0.2, 0.25) is 0 Å². The van der Waals surface area contributed by atoms with Crippen molar-refractivity contribution in [2.24, 2.45) is 0 Å². The Morgan fingerprint density at radius 2 is 1.41 bits per heavy atom. The van der Waals surface area contributed by atoms with Gasteiger partial charge in [-0.2, -0.15) is 8.42 Å². The van der Waals surface area contributed by atoms with Crippen molar-refractivity contribution < 1.29 is 13.0 Å². The first-order chi connectivity index (χ1) is 16.5. The molecule has 0 spiro atoms. The van der Waals surface area contributed by atoms with Crippen LogP contribution in [-0.2, 0) is 16.5 Å². The fraction of sp³-hybridized carbons (Fsp3) is 0.0357. The molecule has 1 heterocycles. The smallest absolute Gasteiger partial charge is 0.326 e. The molecule has 0 radical (unpaired) electrons. The van der Waals surface area contributed by atoms with E-state index in [2.05, 4.69) is 58.5 Å². The summed E-state index contributed by atoms with van der Waals surface area (Å²) in [6.07, 6.45) is 5.53. The quantitative estimate of drug-likeness (QED) is 0.301. The van der Waals surface area contributed by atoms with Gasteiger partial charge in [0.1, 0.15) is 0 Å². The number of aromatic amines is 1. The predicted octanol–water partition coefficient (Wildman–Crippen LogP) is 6.40. The molecule has 0 aliphatic heterocycles. The van der Waals surface area contributed by atoms with E-state index in [1.165, 1.54) is 21.9 Å². The van der Waals surface area contributed by atoms with E-state index in [0.29, 0.717) is 11.4 Å². The lowest BCUT2D eigenvalue weighted by atomic mass is 9.93. The Labute approximate surface area is 198 Å². The Morgan fingerprint density at radius 1 is 0.765 bits per heavy atom. The molecule has 4 aromatic carbocycles. The summed E-state index contributed by atoms with van der Waals surface area (Å²) in [6, 6.07) is 31.5. The number of hydrogen-bond acceptors (Lipinski definition) is 3. The lowest BCUT2D eigenvalue weighted by Crippen LogP contribution is -2.00. The molecule has 6 rings (SSSR count). The third kappa shape index (κ3) is 4.41. The summed E-state index contributed by atoms with van der Waals surface area (Å²) >= 11 is 0. The highest BCUT2D eigenvalue weighted by Crippen LogP contribution is 2.31. The summed E-state index contributed by atoms with van der Waals surface area (Å²) in [5.41, 5.74) is 5.40. The van der Waals surface area contributed by atoms with E-state index in [1.54, 1.807) is 0 Å². The van der Waals surface area contributed by atoms with Gasteiger partial charge in [0.2, 0.25) is 0 Å². The lowest BCUT2D eigenvalue weighted by Gasteiger charge is -2.11. The normalized spacial score (nSPS) is 12.3. The number of hydrogen-bond donors (Lipinski definition) is 2. The number of aromatic nitrogens is 2. The first-order valence-corrected chi connectivity index (χ1v) is 12.3. The van der Waals surface area contributed by atoms with Gasteiger partial charge in [0.15, 0.2) is 0 Å².